The standard InChI is InChI=1S/C21H21BrClN5O2S/c1-4-9-28-20(14(3)30-17-7-6-16(23)10-13(17)2)26-27-21(28)31-12-19(29)25-18-8-5-15(22)11-24-18/h4-8,10-11,14H,1,9,12H2,2-3H3,(H,24,25,29). The molecule has 1 unspecified atom stereocenters. The number of thioether (sulfide) groups is 1. The van der Waals surface area contributed by atoms with Gasteiger partial charge in [0.1, 0.15) is 11.6 Å². The SMILES string of the molecule is C=CCn1c(SCC(=O)Nc2ccc(Br)cn2)nnc1C(C)Oc1ccc(Cl)cc1C. The monoisotopic (exact) mass is 521 g/mol. The molecule has 1 amide bonds. The maximum atomic E-state index is 12.3. The van der Waals surface area contributed by atoms with E-state index in [0.29, 0.717) is 28.4 Å². The van der Waals surface area contributed by atoms with E-state index in [-0.39, 0.29) is 17.8 Å². The van der Waals surface area contributed by atoms with Crippen molar-refractivity contribution < 1.29 is 9.53 Å². The molecule has 0 saturated heterocycles. The first-order valence-corrected chi connectivity index (χ1v) is 11.5. The van der Waals surface area contributed by atoms with Crippen molar-refractivity contribution in [2.24, 2.45) is 0 Å². The van der Waals surface area contributed by atoms with Gasteiger partial charge in [0.25, 0.3) is 0 Å². The van der Waals surface area contributed by atoms with Crippen LogP contribution < -0.4 is 10.1 Å². The second-order valence-corrected chi connectivity index (χ2v) is 8.90. The molecular formula is C21H21BrClN5O2S. The van der Waals surface area contributed by atoms with Crippen molar-refractivity contribution in [3.05, 3.63) is 70.1 Å². The van der Waals surface area contributed by atoms with Gasteiger partial charge in [0, 0.05) is 22.2 Å². The molecule has 2 aromatic heterocycles. The molecule has 0 saturated carbocycles. The molecule has 0 aliphatic rings. The number of halogens is 2. The molecule has 1 N–H and O–H groups in total. The number of hydrogen-bond donors (Lipinski definition) is 1. The van der Waals surface area contributed by atoms with Gasteiger partial charge in [-0.3, -0.25) is 9.36 Å². The molecule has 3 aromatic rings. The highest BCUT2D eigenvalue weighted by molar-refractivity contribution is 9.10. The Morgan fingerprint density at radius 3 is 2.87 bits per heavy atom. The van der Waals surface area contributed by atoms with Crippen LogP contribution >= 0.6 is 39.3 Å². The average molecular weight is 523 g/mol. The second kappa shape index (κ2) is 10.8. The molecule has 0 fully saturated rings. The van der Waals surface area contributed by atoms with Crippen LogP contribution in [0.2, 0.25) is 5.02 Å². The molecule has 162 valence electrons. The number of hydrogen-bond acceptors (Lipinski definition) is 6. The van der Waals surface area contributed by atoms with Crippen LogP contribution in [0.1, 0.15) is 24.4 Å². The zero-order chi connectivity index (χ0) is 22.4. The van der Waals surface area contributed by atoms with Crippen LogP contribution in [0.3, 0.4) is 0 Å². The Hall–Kier alpha value is -2.36. The number of rotatable bonds is 9. The first kappa shape index (κ1) is 23.3. The number of nitrogens with one attached hydrogen (secondary N) is 1. The van der Waals surface area contributed by atoms with Gasteiger partial charge in [-0.1, -0.05) is 29.4 Å². The van der Waals surface area contributed by atoms with Crippen molar-refractivity contribution in [1.82, 2.24) is 19.7 Å². The third-order valence-corrected chi connectivity index (χ3v) is 5.86. The number of carbonyl (C=O) groups excluding carboxylic acids is 1. The number of aromatic nitrogens is 4. The predicted molar refractivity (Wildman–Crippen MR) is 127 cm³/mol. The first-order valence-electron chi connectivity index (χ1n) is 9.38. The Balaban J connectivity index is 1.68. The molecule has 3 rings (SSSR count). The third-order valence-electron chi connectivity index (χ3n) is 4.19. The summed E-state index contributed by atoms with van der Waals surface area (Å²) in [6.07, 6.45) is 3.02. The molecule has 0 radical (unpaired) electrons. The highest BCUT2D eigenvalue weighted by Gasteiger charge is 2.20. The lowest BCUT2D eigenvalue weighted by molar-refractivity contribution is -0.113. The molecule has 1 atom stereocenters. The highest BCUT2D eigenvalue weighted by atomic mass is 79.9. The molecule has 0 aliphatic heterocycles. The Kier molecular flexibility index (Phi) is 8.11. The number of benzene rings is 1. The molecule has 2 heterocycles. The van der Waals surface area contributed by atoms with Crippen molar-refractivity contribution >= 4 is 51.0 Å². The summed E-state index contributed by atoms with van der Waals surface area (Å²) in [5.74, 6) is 1.84. The maximum absolute atomic E-state index is 12.3. The first-order chi connectivity index (χ1) is 14.9. The van der Waals surface area contributed by atoms with Crippen LogP contribution in [0.5, 0.6) is 5.75 Å². The fraction of sp³-hybridized carbons (Fsp3) is 0.238. The van der Waals surface area contributed by atoms with Crippen molar-refractivity contribution in [1.29, 1.82) is 0 Å². The van der Waals surface area contributed by atoms with Crippen LogP contribution in [0.4, 0.5) is 5.82 Å². The lowest BCUT2D eigenvalue weighted by Gasteiger charge is -2.17. The van der Waals surface area contributed by atoms with Crippen LogP contribution in [0.15, 0.2) is 58.8 Å². The maximum Gasteiger partial charge on any atom is 0.236 e. The largest absolute Gasteiger partial charge is 0.482 e. The summed E-state index contributed by atoms with van der Waals surface area (Å²) in [4.78, 5) is 16.4. The van der Waals surface area contributed by atoms with E-state index in [1.165, 1.54) is 11.8 Å². The third kappa shape index (κ3) is 6.32. The van der Waals surface area contributed by atoms with E-state index in [0.717, 1.165) is 15.8 Å². The number of anilines is 1. The molecule has 7 nitrogen and oxygen atoms in total. The molecule has 0 bridgehead atoms. The van der Waals surface area contributed by atoms with E-state index in [9.17, 15) is 4.79 Å². The van der Waals surface area contributed by atoms with Gasteiger partial charge >= 0.3 is 0 Å². The minimum Gasteiger partial charge on any atom is -0.482 e. The van der Waals surface area contributed by atoms with Gasteiger partial charge in [-0.05, 0) is 65.7 Å². The van der Waals surface area contributed by atoms with Crippen LogP contribution in [-0.2, 0) is 11.3 Å². The number of pyridine rings is 1. The molecular weight excluding hydrogens is 502 g/mol. The minimum absolute atomic E-state index is 0.165. The van der Waals surface area contributed by atoms with E-state index in [1.807, 2.05) is 36.6 Å². The summed E-state index contributed by atoms with van der Waals surface area (Å²) in [6, 6.07) is 9.00. The summed E-state index contributed by atoms with van der Waals surface area (Å²) >= 11 is 10.6. The van der Waals surface area contributed by atoms with Crippen LogP contribution in [0, 0.1) is 6.92 Å². The number of nitrogens with zero attached hydrogens (tertiary/aromatic N) is 4. The summed E-state index contributed by atoms with van der Waals surface area (Å²) in [5.41, 5.74) is 0.932. The van der Waals surface area contributed by atoms with Crippen LogP contribution in [-0.4, -0.2) is 31.4 Å². The Morgan fingerprint density at radius 1 is 1.39 bits per heavy atom. The normalized spacial score (nSPS) is 11.7. The van der Waals surface area contributed by atoms with E-state index < -0.39 is 0 Å². The number of carbonyl (C=O) groups is 1. The Morgan fingerprint density at radius 2 is 2.19 bits per heavy atom. The van der Waals surface area contributed by atoms with E-state index in [4.69, 9.17) is 16.3 Å². The number of aryl methyl sites for hydroxylation is 1. The Bertz CT molecular complexity index is 1070. The van der Waals surface area contributed by atoms with Gasteiger partial charge in [0.2, 0.25) is 5.91 Å². The lowest BCUT2D eigenvalue weighted by atomic mass is 10.2. The summed E-state index contributed by atoms with van der Waals surface area (Å²) in [5, 5.41) is 12.6. The molecule has 0 spiro atoms. The zero-order valence-corrected chi connectivity index (χ0v) is 20.2. The summed E-state index contributed by atoms with van der Waals surface area (Å²) in [7, 11) is 0. The van der Waals surface area contributed by atoms with Gasteiger partial charge in [-0.25, -0.2) is 4.98 Å². The number of allylic oxidation sites excluding steroid dienone is 1. The highest BCUT2D eigenvalue weighted by Crippen LogP contribution is 2.28. The average Bonchev–Trinajstić information content (AvgIpc) is 3.13. The fourth-order valence-corrected chi connectivity index (χ4v) is 3.97. The predicted octanol–water partition coefficient (Wildman–Crippen LogP) is 5.45. The summed E-state index contributed by atoms with van der Waals surface area (Å²) < 4.78 is 8.81. The zero-order valence-electron chi connectivity index (χ0n) is 17.0. The van der Waals surface area contributed by atoms with E-state index >= 15 is 0 Å². The van der Waals surface area contributed by atoms with Crippen molar-refractivity contribution in [3.8, 4) is 5.75 Å². The molecule has 10 heteroatoms. The molecule has 31 heavy (non-hydrogen) atoms. The van der Waals surface area contributed by atoms with Crippen molar-refractivity contribution in [2.45, 2.75) is 31.7 Å². The topological polar surface area (TPSA) is 81.9 Å². The van der Waals surface area contributed by atoms with Gasteiger partial charge in [0.15, 0.2) is 17.1 Å². The smallest absolute Gasteiger partial charge is 0.236 e. The summed E-state index contributed by atoms with van der Waals surface area (Å²) in [6.45, 7) is 8.14. The second-order valence-electron chi connectivity index (χ2n) is 6.61. The lowest BCUT2D eigenvalue weighted by Crippen LogP contribution is -2.16. The Labute approximate surface area is 198 Å². The van der Waals surface area contributed by atoms with Gasteiger partial charge in [-0.15, -0.1) is 16.8 Å². The van der Waals surface area contributed by atoms with Gasteiger partial charge in [-0.2, -0.15) is 0 Å². The number of ether oxygens (including phenoxy) is 1. The van der Waals surface area contributed by atoms with Crippen molar-refractivity contribution in [2.75, 3.05) is 11.1 Å². The molecule has 1 aromatic carbocycles. The van der Waals surface area contributed by atoms with Gasteiger partial charge in [0.05, 0.1) is 5.75 Å². The van der Waals surface area contributed by atoms with Gasteiger partial charge < -0.3 is 10.1 Å². The van der Waals surface area contributed by atoms with E-state index in [1.54, 1.807) is 24.4 Å². The number of amides is 1. The van der Waals surface area contributed by atoms with E-state index in [2.05, 4.69) is 43.0 Å². The van der Waals surface area contributed by atoms with Crippen LogP contribution in [0.25, 0.3) is 0 Å². The fourth-order valence-electron chi connectivity index (χ4n) is 2.76. The minimum atomic E-state index is -0.359. The molecule has 0 aliphatic carbocycles. The quantitative estimate of drug-likeness (QED) is 0.297. The van der Waals surface area contributed by atoms with Crippen molar-refractivity contribution in [3.63, 3.8) is 0 Å².